The molecule has 0 bridgehead atoms. The van der Waals surface area contributed by atoms with E-state index >= 15 is 0 Å². The maximum Gasteiger partial charge on any atom is 0.112 e. The number of hydrogen-bond donors (Lipinski definition) is 4. The molecule has 1 rings (SSSR count). The first-order valence-corrected chi connectivity index (χ1v) is 9.69. The van der Waals surface area contributed by atoms with Crippen molar-refractivity contribution in [2.45, 2.75) is 19.4 Å². The minimum Gasteiger partial charge on any atom is -0.404 e. The van der Waals surface area contributed by atoms with Crippen molar-refractivity contribution in [1.82, 2.24) is 15.8 Å². The third kappa shape index (κ3) is 8.12. The van der Waals surface area contributed by atoms with Crippen LogP contribution in [0, 0.1) is 0 Å². The molecule has 28 heavy (non-hydrogen) atoms. The summed E-state index contributed by atoms with van der Waals surface area (Å²) in [5.74, 6) is 0. The highest BCUT2D eigenvalue weighted by Gasteiger charge is 2.11. The third-order valence-corrected chi connectivity index (χ3v) is 4.25. The molecular formula is C21H30BrN5O. The highest BCUT2D eigenvalue weighted by Crippen LogP contribution is 2.25. The van der Waals surface area contributed by atoms with Gasteiger partial charge in [0.2, 0.25) is 0 Å². The molecule has 0 saturated carbocycles. The Kier molecular flexibility index (Phi) is 10.9. The monoisotopic (exact) mass is 447 g/mol. The molecule has 0 saturated heterocycles. The first-order chi connectivity index (χ1) is 13.4. The van der Waals surface area contributed by atoms with Crippen molar-refractivity contribution in [2.24, 2.45) is 10.7 Å². The van der Waals surface area contributed by atoms with Gasteiger partial charge in [0, 0.05) is 36.6 Å². The second kappa shape index (κ2) is 12.9. The number of aliphatic hydroxyl groups excluding tert-OH is 1. The van der Waals surface area contributed by atoms with Gasteiger partial charge in [-0.05, 0) is 48.9 Å². The van der Waals surface area contributed by atoms with Crippen LogP contribution in [0.25, 0.3) is 0 Å². The maximum absolute atomic E-state index is 8.88. The van der Waals surface area contributed by atoms with E-state index in [2.05, 4.69) is 39.3 Å². The van der Waals surface area contributed by atoms with Crippen LogP contribution in [0.5, 0.6) is 0 Å². The second-order valence-electron chi connectivity index (χ2n) is 6.26. The van der Waals surface area contributed by atoms with Crippen molar-refractivity contribution < 1.29 is 5.11 Å². The number of halogens is 1. The third-order valence-electron chi connectivity index (χ3n) is 3.76. The molecule has 1 aromatic carbocycles. The highest BCUT2D eigenvalue weighted by atomic mass is 79.9. The summed E-state index contributed by atoms with van der Waals surface area (Å²) in [4.78, 5) is 4.77. The SMILES string of the molecule is C=CCC(N=CC(=CN)/C(NN(C)C)=C(C)\C=C/NCO)c1cccc(Br)c1. The molecule has 0 fully saturated rings. The number of hydrazine groups is 1. The number of nitrogens with two attached hydrogens (primary N) is 1. The molecule has 0 aliphatic heterocycles. The van der Waals surface area contributed by atoms with Crippen molar-refractivity contribution in [3.05, 3.63) is 82.3 Å². The lowest BCUT2D eigenvalue weighted by atomic mass is 10.0. The zero-order valence-electron chi connectivity index (χ0n) is 16.7. The molecule has 0 heterocycles. The summed E-state index contributed by atoms with van der Waals surface area (Å²) in [7, 11) is 3.80. The second-order valence-corrected chi connectivity index (χ2v) is 7.17. The average molecular weight is 448 g/mol. The summed E-state index contributed by atoms with van der Waals surface area (Å²) < 4.78 is 1.01. The van der Waals surface area contributed by atoms with Gasteiger partial charge in [0.25, 0.3) is 0 Å². The maximum atomic E-state index is 8.88. The number of hydrogen-bond acceptors (Lipinski definition) is 6. The molecule has 0 amide bonds. The molecule has 0 aliphatic carbocycles. The predicted molar refractivity (Wildman–Crippen MR) is 121 cm³/mol. The number of benzene rings is 1. The first kappa shape index (κ1) is 23.7. The van der Waals surface area contributed by atoms with Crippen LogP contribution in [-0.4, -0.2) is 37.2 Å². The van der Waals surface area contributed by atoms with Gasteiger partial charge in [-0.2, -0.15) is 0 Å². The van der Waals surface area contributed by atoms with Gasteiger partial charge in [0.15, 0.2) is 0 Å². The van der Waals surface area contributed by atoms with Crippen LogP contribution < -0.4 is 16.5 Å². The molecule has 0 radical (unpaired) electrons. The number of rotatable bonds is 11. The van der Waals surface area contributed by atoms with Crippen LogP contribution >= 0.6 is 15.9 Å². The number of allylic oxidation sites excluding steroid dienone is 3. The van der Waals surface area contributed by atoms with E-state index in [4.69, 9.17) is 15.8 Å². The molecule has 5 N–H and O–H groups in total. The lowest BCUT2D eigenvalue weighted by molar-refractivity contribution is 0.279. The normalized spacial score (nSPS) is 14.4. The molecule has 1 unspecified atom stereocenters. The van der Waals surface area contributed by atoms with Crippen molar-refractivity contribution in [3.63, 3.8) is 0 Å². The molecular weight excluding hydrogens is 418 g/mol. The average Bonchev–Trinajstić information content (AvgIpc) is 2.66. The molecule has 7 heteroatoms. The minimum atomic E-state index is -0.128. The smallest absolute Gasteiger partial charge is 0.112 e. The van der Waals surface area contributed by atoms with Crippen LogP contribution in [0.2, 0.25) is 0 Å². The molecule has 1 atom stereocenters. The molecule has 1 aromatic rings. The van der Waals surface area contributed by atoms with E-state index in [9.17, 15) is 0 Å². The van der Waals surface area contributed by atoms with Crippen molar-refractivity contribution in [3.8, 4) is 0 Å². The Bertz CT molecular complexity index is 753. The van der Waals surface area contributed by atoms with Crippen LogP contribution in [0.3, 0.4) is 0 Å². The van der Waals surface area contributed by atoms with E-state index < -0.39 is 0 Å². The van der Waals surface area contributed by atoms with Gasteiger partial charge in [0.05, 0.1) is 11.7 Å². The summed E-state index contributed by atoms with van der Waals surface area (Å²) in [6, 6.07) is 8.03. The van der Waals surface area contributed by atoms with E-state index in [1.165, 1.54) is 6.20 Å². The number of nitrogens with one attached hydrogen (secondary N) is 2. The summed E-state index contributed by atoms with van der Waals surface area (Å²) in [6.45, 7) is 5.68. The number of nitrogens with zero attached hydrogens (tertiary/aromatic N) is 2. The topological polar surface area (TPSA) is 85.9 Å². The van der Waals surface area contributed by atoms with Gasteiger partial charge in [-0.3, -0.25) is 4.99 Å². The number of aliphatic imine (C=N–C) groups is 1. The van der Waals surface area contributed by atoms with Crippen molar-refractivity contribution >= 4 is 22.1 Å². The van der Waals surface area contributed by atoms with Gasteiger partial charge in [-0.1, -0.05) is 34.1 Å². The fraction of sp³-hybridized carbons (Fsp3) is 0.286. The Morgan fingerprint density at radius 2 is 2.18 bits per heavy atom. The largest absolute Gasteiger partial charge is 0.404 e. The Balaban J connectivity index is 3.21. The zero-order valence-corrected chi connectivity index (χ0v) is 18.3. The van der Waals surface area contributed by atoms with Gasteiger partial charge < -0.3 is 21.6 Å². The first-order valence-electron chi connectivity index (χ1n) is 8.90. The van der Waals surface area contributed by atoms with Gasteiger partial charge in [-0.25, -0.2) is 5.01 Å². The molecule has 0 spiro atoms. The Labute approximate surface area is 176 Å². The van der Waals surface area contributed by atoms with Gasteiger partial charge >= 0.3 is 0 Å². The van der Waals surface area contributed by atoms with Crippen LogP contribution in [0.1, 0.15) is 24.9 Å². The van der Waals surface area contributed by atoms with Crippen LogP contribution in [0.4, 0.5) is 0 Å². The minimum absolute atomic E-state index is 0.0579. The van der Waals surface area contributed by atoms with Gasteiger partial charge in [-0.15, -0.1) is 6.58 Å². The van der Waals surface area contributed by atoms with E-state index in [1.54, 1.807) is 12.4 Å². The molecule has 6 nitrogen and oxygen atoms in total. The van der Waals surface area contributed by atoms with E-state index in [-0.39, 0.29) is 12.8 Å². The van der Waals surface area contributed by atoms with Crippen molar-refractivity contribution in [1.29, 1.82) is 0 Å². The molecule has 0 aromatic heterocycles. The molecule has 152 valence electrons. The predicted octanol–water partition coefficient (Wildman–Crippen LogP) is 3.37. The summed E-state index contributed by atoms with van der Waals surface area (Å²) >= 11 is 3.51. The fourth-order valence-corrected chi connectivity index (χ4v) is 2.86. The number of aliphatic hydroxyl groups is 1. The highest BCUT2D eigenvalue weighted by molar-refractivity contribution is 9.10. The lowest BCUT2D eigenvalue weighted by Gasteiger charge is -2.20. The zero-order chi connectivity index (χ0) is 20.9. The summed E-state index contributed by atoms with van der Waals surface area (Å²) in [5, 5.41) is 13.4. The standard InChI is InChI=1S/C21H30BrN5O/c1-5-7-20(17-8-6-9-19(22)12-17)25-14-18(13-23)21(26-27(3)4)16(2)10-11-24-15-28/h5-6,8-14,20,24,26,28H,1,7,15,23H2,2-4H3/b11-10-,18-13?,21-16+,25-14?. The van der Waals surface area contributed by atoms with E-state index in [0.717, 1.165) is 26.9 Å². The van der Waals surface area contributed by atoms with Gasteiger partial charge in [0.1, 0.15) is 6.73 Å². The lowest BCUT2D eigenvalue weighted by Crippen LogP contribution is -2.31. The fourth-order valence-electron chi connectivity index (χ4n) is 2.44. The van der Waals surface area contributed by atoms with E-state index in [1.807, 2.05) is 56.4 Å². The quantitative estimate of drug-likeness (QED) is 0.137. The Morgan fingerprint density at radius 1 is 1.43 bits per heavy atom. The Morgan fingerprint density at radius 3 is 2.75 bits per heavy atom. The summed E-state index contributed by atoms with van der Waals surface area (Å²) in [6.07, 6.45) is 9.41. The molecule has 0 aliphatic rings. The van der Waals surface area contributed by atoms with E-state index in [0.29, 0.717) is 6.42 Å². The van der Waals surface area contributed by atoms with Crippen LogP contribution in [-0.2, 0) is 0 Å². The Hall–Kier alpha value is -2.35. The van der Waals surface area contributed by atoms with Crippen LogP contribution in [0.15, 0.2) is 81.7 Å². The summed E-state index contributed by atoms with van der Waals surface area (Å²) in [5.41, 5.74) is 12.8. The van der Waals surface area contributed by atoms with Crippen molar-refractivity contribution in [2.75, 3.05) is 20.8 Å².